The molecule has 0 aliphatic carbocycles. The molecule has 108 valence electrons. The fourth-order valence-corrected chi connectivity index (χ4v) is 2.33. The summed E-state index contributed by atoms with van der Waals surface area (Å²) in [6.07, 6.45) is 2.98. The van der Waals surface area contributed by atoms with E-state index in [9.17, 15) is 4.79 Å². The molecule has 0 saturated heterocycles. The minimum Gasteiger partial charge on any atom is -0.322 e. The van der Waals surface area contributed by atoms with Gasteiger partial charge in [-0.2, -0.15) is 0 Å². The lowest BCUT2D eigenvalue weighted by Crippen LogP contribution is -2.07. The van der Waals surface area contributed by atoms with Crippen molar-refractivity contribution in [3.05, 3.63) is 68.1 Å². The Kier molecular flexibility index (Phi) is 5.54. The van der Waals surface area contributed by atoms with Crippen molar-refractivity contribution in [1.29, 1.82) is 0 Å². The van der Waals surface area contributed by atoms with Gasteiger partial charge in [-0.3, -0.25) is 4.79 Å². The van der Waals surface area contributed by atoms with Gasteiger partial charge >= 0.3 is 0 Å². The van der Waals surface area contributed by atoms with E-state index in [1.807, 2.05) is 0 Å². The van der Waals surface area contributed by atoms with E-state index < -0.39 is 0 Å². The molecule has 0 aliphatic heterocycles. The van der Waals surface area contributed by atoms with Crippen molar-refractivity contribution < 1.29 is 4.79 Å². The molecule has 0 heterocycles. The van der Waals surface area contributed by atoms with E-state index in [4.69, 9.17) is 46.4 Å². The Morgan fingerprint density at radius 2 is 1.67 bits per heavy atom. The predicted octanol–water partition coefficient (Wildman–Crippen LogP) is 5.95. The molecule has 0 spiro atoms. The maximum absolute atomic E-state index is 11.8. The van der Waals surface area contributed by atoms with Gasteiger partial charge in [-0.05, 0) is 42.0 Å². The molecule has 0 aliphatic rings. The molecule has 21 heavy (non-hydrogen) atoms. The summed E-state index contributed by atoms with van der Waals surface area (Å²) in [6.45, 7) is 0. The van der Waals surface area contributed by atoms with E-state index in [2.05, 4.69) is 5.32 Å². The molecular weight excluding hydrogens is 352 g/mol. The topological polar surface area (TPSA) is 29.1 Å². The van der Waals surface area contributed by atoms with Crippen molar-refractivity contribution >= 4 is 64.1 Å². The molecule has 0 bridgehead atoms. The molecule has 0 unspecified atom stereocenters. The van der Waals surface area contributed by atoms with Gasteiger partial charge in [0.1, 0.15) is 0 Å². The van der Waals surface area contributed by atoms with Crippen LogP contribution in [0, 0.1) is 0 Å². The van der Waals surface area contributed by atoms with Crippen molar-refractivity contribution in [3.8, 4) is 0 Å². The van der Waals surface area contributed by atoms with E-state index in [0.29, 0.717) is 31.3 Å². The normalized spacial score (nSPS) is 10.9. The summed E-state index contributed by atoms with van der Waals surface area (Å²) < 4.78 is 0. The van der Waals surface area contributed by atoms with Gasteiger partial charge in [0.2, 0.25) is 5.91 Å². The van der Waals surface area contributed by atoms with Crippen molar-refractivity contribution in [2.75, 3.05) is 5.32 Å². The van der Waals surface area contributed by atoms with Gasteiger partial charge in [-0.15, -0.1) is 0 Å². The number of benzene rings is 2. The van der Waals surface area contributed by atoms with Crippen LogP contribution in [0.5, 0.6) is 0 Å². The van der Waals surface area contributed by atoms with Gasteiger partial charge in [0, 0.05) is 21.8 Å². The highest BCUT2D eigenvalue weighted by Crippen LogP contribution is 2.25. The second-order valence-electron chi connectivity index (χ2n) is 4.12. The molecule has 0 atom stereocenters. The minimum atomic E-state index is -0.306. The van der Waals surface area contributed by atoms with Gasteiger partial charge < -0.3 is 5.32 Å². The Hall–Kier alpha value is -1.19. The number of carbonyl (C=O) groups is 1. The maximum atomic E-state index is 11.8. The third-order valence-electron chi connectivity index (χ3n) is 2.56. The fraction of sp³-hybridized carbons (Fsp3) is 0. The van der Waals surface area contributed by atoms with E-state index in [1.165, 1.54) is 6.08 Å². The first-order valence-electron chi connectivity index (χ1n) is 5.85. The van der Waals surface area contributed by atoms with Gasteiger partial charge in [0.05, 0.1) is 10.0 Å². The average molecular weight is 361 g/mol. The lowest BCUT2D eigenvalue weighted by molar-refractivity contribution is -0.111. The zero-order valence-electron chi connectivity index (χ0n) is 10.5. The van der Waals surface area contributed by atoms with Crippen molar-refractivity contribution in [3.63, 3.8) is 0 Å². The van der Waals surface area contributed by atoms with Crippen LogP contribution < -0.4 is 5.32 Å². The Balaban J connectivity index is 2.07. The molecule has 6 heteroatoms. The molecule has 1 N–H and O–H groups in total. The van der Waals surface area contributed by atoms with Crippen LogP contribution >= 0.6 is 46.4 Å². The Labute approximate surface area is 142 Å². The zero-order valence-corrected chi connectivity index (χ0v) is 13.6. The molecule has 2 rings (SSSR count). The number of anilines is 1. The van der Waals surface area contributed by atoms with Crippen molar-refractivity contribution in [1.82, 2.24) is 0 Å². The van der Waals surface area contributed by atoms with E-state index in [0.717, 1.165) is 0 Å². The highest BCUT2D eigenvalue weighted by molar-refractivity contribution is 6.42. The first kappa shape index (κ1) is 16.2. The van der Waals surface area contributed by atoms with Crippen LogP contribution in [0.25, 0.3) is 6.08 Å². The number of hydrogen-bond donors (Lipinski definition) is 1. The van der Waals surface area contributed by atoms with Gasteiger partial charge in [-0.1, -0.05) is 52.5 Å². The van der Waals surface area contributed by atoms with Crippen LogP contribution in [0.2, 0.25) is 20.1 Å². The lowest BCUT2D eigenvalue weighted by atomic mass is 10.2. The highest BCUT2D eigenvalue weighted by Gasteiger charge is 2.03. The molecule has 2 aromatic carbocycles. The van der Waals surface area contributed by atoms with Gasteiger partial charge in [0.15, 0.2) is 0 Å². The second kappa shape index (κ2) is 7.19. The Morgan fingerprint density at radius 3 is 2.33 bits per heavy atom. The first-order valence-corrected chi connectivity index (χ1v) is 7.36. The first-order chi connectivity index (χ1) is 9.95. The minimum absolute atomic E-state index is 0.306. The molecule has 0 saturated carbocycles. The molecule has 2 nitrogen and oxygen atoms in total. The highest BCUT2D eigenvalue weighted by atomic mass is 35.5. The SMILES string of the molecule is O=C(C=Cc1ccc(Cl)cc1Cl)Nc1ccc(Cl)c(Cl)c1. The number of amides is 1. The molecule has 2 aromatic rings. The third kappa shape index (κ3) is 4.65. The monoisotopic (exact) mass is 359 g/mol. The van der Waals surface area contributed by atoms with Crippen LogP contribution in [-0.2, 0) is 4.79 Å². The molecule has 0 radical (unpaired) electrons. The summed E-state index contributed by atoms with van der Waals surface area (Å²) in [5.74, 6) is -0.306. The summed E-state index contributed by atoms with van der Waals surface area (Å²) in [4.78, 5) is 11.8. The van der Waals surface area contributed by atoms with Crippen LogP contribution in [0.3, 0.4) is 0 Å². The quantitative estimate of drug-likeness (QED) is 0.673. The van der Waals surface area contributed by atoms with Gasteiger partial charge in [-0.25, -0.2) is 0 Å². The van der Waals surface area contributed by atoms with Crippen molar-refractivity contribution in [2.24, 2.45) is 0 Å². The predicted molar refractivity (Wildman–Crippen MR) is 90.6 cm³/mol. The molecular formula is C15H9Cl4NO. The van der Waals surface area contributed by atoms with E-state index >= 15 is 0 Å². The number of carbonyl (C=O) groups excluding carboxylic acids is 1. The summed E-state index contributed by atoms with van der Waals surface area (Å²) in [6, 6.07) is 9.89. The Morgan fingerprint density at radius 1 is 0.905 bits per heavy atom. The average Bonchev–Trinajstić information content (AvgIpc) is 2.42. The van der Waals surface area contributed by atoms with Crippen LogP contribution in [0.1, 0.15) is 5.56 Å². The number of halogens is 4. The van der Waals surface area contributed by atoms with E-state index in [-0.39, 0.29) is 5.91 Å². The molecule has 0 aromatic heterocycles. The zero-order chi connectivity index (χ0) is 15.4. The second-order valence-corrected chi connectivity index (χ2v) is 5.78. The smallest absolute Gasteiger partial charge is 0.248 e. The largest absolute Gasteiger partial charge is 0.322 e. The standard InChI is InChI=1S/C15H9Cl4NO/c16-10-3-1-9(13(18)7-10)2-6-15(21)20-11-4-5-12(17)14(19)8-11/h1-8H,(H,20,21). The van der Waals surface area contributed by atoms with Crippen LogP contribution in [0.15, 0.2) is 42.5 Å². The summed E-state index contributed by atoms with van der Waals surface area (Å²) >= 11 is 23.5. The van der Waals surface area contributed by atoms with E-state index in [1.54, 1.807) is 42.5 Å². The van der Waals surface area contributed by atoms with Gasteiger partial charge in [0.25, 0.3) is 0 Å². The number of nitrogens with one attached hydrogen (secondary N) is 1. The maximum Gasteiger partial charge on any atom is 0.248 e. The lowest BCUT2D eigenvalue weighted by Gasteiger charge is -2.04. The van der Waals surface area contributed by atoms with Crippen molar-refractivity contribution in [2.45, 2.75) is 0 Å². The Bertz CT molecular complexity index is 713. The fourth-order valence-electron chi connectivity index (χ4n) is 1.56. The summed E-state index contributed by atoms with van der Waals surface area (Å²) in [7, 11) is 0. The molecule has 0 fully saturated rings. The summed E-state index contributed by atoms with van der Waals surface area (Å²) in [5, 5.41) is 4.49. The third-order valence-corrected chi connectivity index (χ3v) is 3.87. The van der Waals surface area contributed by atoms with Crippen LogP contribution in [-0.4, -0.2) is 5.91 Å². The van der Waals surface area contributed by atoms with Crippen LogP contribution in [0.4, 0.5) is 5.69 Å². The number of rotatable bonds is 3. The molecule has 1 amide bonds. The number of hydrogen-bond acceptors (Lipinski definition) is 1. The summed E-state index contributed by atoms with van der Waals surface area (Å²) in [5.41, 5.74) is 1.26.